The molecular formula is C21H15F3N6O. The Labute approximate surface area is 174 Å². The number of phenols is 1. The van der Waals surface area contributed by atoms with Gasteiger partial charge in [-0.2, -0.15) is 18.4 Å². The van der Waals surface area contributed by atoms with E-state index in [4.69, 9.17) is 0 Å². The molecule has 0 spiro atoms. The molecule has 0 radical (unpaired) electrons. The predicted octanol–water partition coefficient (Wildman–Crippen LogP) is 4.79. The lowest BCUT2D eigenvalue weighted by Gasteiger charge is -2.15. The van der Waals surface area contributed by atoms with Gasteiger partial charge in [-0.05, 0) is 30.7 Å². The van der Waals surface area contributed by atoms with Crippen molar-refractivity contribution in [2.24, 2.45) is 0 Å². The maximum Gasteiger partial charge on any atom is 0.417 e. The molecule has 4 rings (SSSR count). The van der Waals surface area contributed by atoms with Gasteiger partial charge in [0, 0.05) is 23.3 Å². The van der Waals surface area contributed by atoms with Crippen LogP contribution in [-0.4, -0.2) is 25.0 Å². The Morgan fingerprint density at radius 3 is 2.58 bits per heavy atom. The minimum atomic E-state index is -4.55. The second kappa shape index (κ2) is 7.60. The number of pyridine rings is 1. The van der Waals surface area contributed by atoms with Crippen LogP contribution in [0.25, 0.3) is 22.3 Å². The molecule has 0 bridgehead atoms. The first-order chi connectivity index (χ1) is 14.8. The first-order valence-electron chi connectivity index (χ1n) is 9.13. The van der Waals surface area contributed by atoms with Gasteiger partial charge in [-0.15, -0.1) is 0 Å². The Morgan fingerprint density at radius 2 is 1.90 bits per heavy atom. The van der Waals surface area contributed by atoms with E-state index < -0.39 is 11.7 Å². The molecule has 4 aromatic rings. The van der Waals surface area contributed by atoms with E-state index in [1.165, 1.54) is 12.4 Å². The lowest BCUT2D eigenvalue weighted by Crippen LogP contribution is -2.10. The molecule has 1 unspecified atom stereocenters. The zero-order valence-electron chi connectivity index (χ0n) is 16.1. The number of nitriles is 1. The fourth-order valence-electron chi connectivity index (χ4n) is 3.13. The van der Waals surface area contributed by atoms with Crippen LogP contribution in [0.5, 0.6) is 5.75 Å². The minimum Gasteiger partial charge on any atom is -0.508 e. The van der Waals surface area contributed by atoms with Crippen LogP contribution in [0.4, 0.5) is 19.1 Å². The molecule has 0 aliphatic carbocycles. The van der Waals surface area contributed by atoms with Crippen molar-refractivity contribution < 1.29 is 18.3 Å². The number of halogens is 3. The minimum absolute atomic E-state index is 0.112. The predicted molar refractivity (Wildman–Crippen MR) is 107 cm³/mol. The molecule has 3 aromatic heterocycles. The Hall–Kier alpha value is -4.13. The van der Waals surface area contributed by atoms with Gasteiger partial charge in [0.05, 0.1) is 29.1 Å². The summed E-state index contributed by atoms with van der Waals surface area (Å²) < 4.78 is 39.4. The SMILES string of the molecule is CC(Nc1ncc(C#N)c(-c2c[nH]c3ncc(C(F)(F)F)cc23)n1)c1ccc(O)cc1. The maximum absolute atomic E-state index is 13.1. The van der Waals surface area contributed by atoms with Gasteiger partial charge in [-0.25, -0.2) is 15.0 Å². The number of anilines is 1. The average Bonchev–Trinajstić information content (AvgIpc) is 3.16. The second-order valence-corrected chi connectivity index (χ2v) is 6.85. The number of nitrogens with one attached hydrogen (secondary N) is 2. The molecule has 3 N–H and O–H groups in total. The summed E-state index contributed by atoms with van der Waals surface area (Å²) in [6.45, 7) is 1.86. The Morgan fingerprint density at radius 1 is 1.16 bits per heavy atom. The lowest BCUT2D eigenvalue weighted by molar-refractivity contribution is -0.137. The largest absolute Gasteiger partial charge is 0.508 e. The number of fused-ring (bicyclic) bond motifs is 1. The molecule has 1 atom stereocenters. The van der Waals surface area contributed by atoms with Crippen molar-refractivity contribution in [3.8, 4) is 23.1 Å². The number of rotatable bonds is 4. The van der Waals surface area contributed by atoms with Crippen LogP contribution < -0.4 is 5.32 Å². The summed E-state index contributed by atoms with van der Waals surface area (Å²) in [6.07, 6.45) is -1.02. The quantitative estimate of drug-likeness (QED) is 0.435. The maximum atomic E-state index is 13.1. The highest BCUT2D eigenvalue weighted by Crippen LogP contribution is 2.35. The van der Waals surface area contributed by atoms with Crippen LogP contribution in [0, 0.1) is 11.3 Å². The molecular weight excluding hydrogens is 409 g/mol. The molecule has 156 valence electrons. The molecule has 1 aromatic carbocycles. The van der Waals surface area contributed by atoms with Crippen molar-refractivity contribution in [3.05, 3.63) is 65.6 Å². The fourth-order valence-corrected chi connectivity index (χ4v) is 3.13. The summed E-state index contributed by atoms with van der Waals surface area (Å²) in [5.74, 6) is 0.336. The monoisotopic (exact) mass is 424 g/mol. The van der Waals surface area contributed by atoms with Gasteiger partial charge in [0.15, 0.2) is 0 Å². The van der Waals surface area contributed by atoms with Crippen molar-refractivity contribution in [2.75, 3.05) is 5.32 Å². The number of aromatic amines is 1. The van der Waals surface area contributed by atoms with Gasteiger partial charge in [-0.1, -0.05) is 12.1 Å². The smallest absolute Gasteiger partial charge is 0.417 e. The van der Waals surface area contributed by atoms with Gasteiger partial charge in [0.25, 0.3) is 0 Å². The zero-order chi connectivity index (χ0) is 22.2. The fraction of sp³-hybridized carbons (Fsp3) is 0.143. The van der Waals surface area contributed by atoms with Gasteiger partial charge < -0.3 is 15.4 Å². The number of nitrogens with zero attached hydrogens (tertiary/aromatic N) is 4. The summed E-state index contributed by atoms with van der Waals surface area (Å²) in [5, 5.41) is 22.2. The van der Waals surface area contributed by atoms with E-state index >= 15 is 0 Å². The van der Waals surface area contributed by atoms with Crippen molar-refractivity contribution in [1.82, 2.24) is 19.9 Å². The molecule has 0 amide bonds. The zero-order valence-corrected chi connectivity index (χ0v) is 16.1. The molecule has 0 aliphatic rings. The van der Waals surface area contributed by atoms with Crippen LogP contribution in [0.3, 0.4) is 0 Å². The van der Waals surface area contributed by atoms with E-state index in [0.29, 0.717) is 5.56 Å². The molecule has 3 heterocycles. The summed E-state index contributed by atoms with van der Waals surface area (Å²) in [6, 6.07) is 9.30. The van der Waals surface area contributed by atoms with Crippen molar-refractivity contribution in [3.63, 3.8) is 0 Å². The Bertz CT molecular complexity index is 1290. The van der Waals surface area contributed by atoms with E-state index in [-0.39, 0.29) is 40.0 Å². The summed E-state index contributed by atoms with van der Waals surface area (Å²) in [7, 11) is 0. The molecule has 7 nitrogen and oxygen atoms in total. The Balaban J connectivity index is 1.75. The van der Waals surface area contributed by atoms with Crippen molar-refractivity contribution in [1.29, 1.82) is 5.26 Å². The van der Waals surface area contributed by atoms with Crippen molar-refractivity contribution in [2.45, 2.75) is 19.1 Å². The number of hydrogen-bond acceptors (Lipinski definition) is 6. The topological polar surface area (TPSA) is 111 Å². The number of aromatic nitrogens is 4. The third-order valence-corrected chi connectivity index (χ3v) is 4.76. The lowest BCUT2D eigenvalue weighted by atomic mass is 10.1. The Kier molecular flexibility index (Phi) is 4.94. The van der Waals surface area contributed by atoms with Gasteiger partial charge >= 0.3 is 6.18 Å². The summed E-state index contributed by atoms with van der Waals surface area (Å²) in [5.41, 5.74) is 0.822. The average molecular weight is 424 g/mol. The number of benzene rings is 1. The van der Waals surface area contributed by atoms with Gasteiger partial charge in [-0.3, -0.25) is 0 Å². The normalized spacial score (nSPS) is 12.5. The first kappa shape index (κ1) is 20.2. The van der Waals surface area contributed by atoms with E-state index in [1.54, 1.807) is 24.3 Å². The molecule has 0 aliphatic heterocycles. The first-order valence-corrected chi connectivity index (χ1v) is 9.13. The third-order valence-electron chi connectivity index (χ3n) is 4.76. The van der Waals surface area contributed by atoms with E-state index in [9.17, 15) is 23.5 Å². The number of phenolic OH excluding ortho intramolecular Hbond substituents is 1. The molecule has 0 saturated carbocycles. The number of H-pyrrole nitrogens is 1. The molecule has 10 heteroatoms. The summed E-state index contributed by atoms with van der Waals surface area (Å²) >= 11 is 0. The van der Waals surface area contributed by atoms with Crippen LogP contribution in [0.2, 0.25) is 0 Å². The number of hydrogen-bond donors (Lipinski definition) is 3. The highest BCUT2D eigenvalue weighted by Gasteiger charge is 2.31. The highest BCUT2D eigenvalue weighted by molar-refractivity contribution is 5.94. The number of aromatic hydroxyl groups is 1. The molecule has 0 saturated heterocycles. The molecule has 31 heavy (non-hydrogen) atoms. The highest BCUT2D eigenvalue weighted by atomic mass is 19.4. The van der Waals surface area contributed by atoms with Gasteiger partial charge in [0.1, 0.15) is 17.5 Å². The van der Waals surface area contributed by atoms with Crippen LogP contribution >= 0.6 is 0 Å². The van der Waals surface area contributed by atoms with Gasteiger partial charge in [0.2, 0.25) is 5.95 Å². The number of alkyl halides is 3. The van der Waals surface area contributed by atoms with E-state index in [0.717, 1.165) is 17.8 Å². The standard InChI is InChI=1S/C21H15F3N6O/c1-11(12-2-4-15(31)5-3-12)29-20-28-8-13(7-25)18(30-20)17-10-27-19-16(17)6-14(9-26-19)21(22,23)24/h2-6,8-11,31H,1H3,(H,26,27)(H,28,29,30). The molecule has 0 fully saturated rings. The van der Waals surface area contributed by atoms with E-state index in [2.05, 4.69) is 25.3 Å². The summed E-state index contributed by atoms with van der Waals surface area (Å²) in [4.78, 5) is 15.2. The van der Waals surface area contributed by atoms with E-state index in [1.807, 2.05) is 13.0 Å². The second-order valence-electron chi connectivity index (χ2n) is 6.85. The van der Waals surface area contributed by atoms with Crippen molar-refractivity contribution >= 4 is 17.0 Å². The van der Waals surface area contributed by atoms with Crippen LogP contribution in [0.15, 0.2) is 48.9 Å². The van der Waals surface area contributed by atoms with Crippen LogP contribution in [-0.2, 0) is 6.18 Å². The third kappa shape index (κ3) is 3.98. The van der Waals surface area contributed by atoms with Crippen LogP contribution in [0.1, 0.15) is 29.7 Å².